The van der Waals surface area contributed by atoms with Gasteiger partial charge in [0.05, 0.1) is 38.3 Å². The molecule has 14 nitrogen and oxygen atoms in total. The quantitative estimate of drug-likeness (QED) is 0.266. The Balaban J connectivity index is 0.000000174. The number of rotatable bonds is 7. The summed E-state index contributed by atoms with van der Waals surface area (Å²) in [7, 11) is 0. The van der Waals surface area contributed by atoms with Gasteiger partial charge in [-0.1, -0.05) is 13.8 Å². The molecule has 5 rings (SSSR count). The third-order valence-electron chi connectivity index (χ3n) is 5.72. The minimum Gasteiger partial charge on any atom is -0.396 e. The predicted molar refractivity (Wildman–Crippen MR) is 131 cm³/mol. The topological polar surface area (TPSA) is 198 Å². The van der Waals surface area contributed by atoms with E-state index in [2.05, 4.69) is 43.8 Å². The van der Waals surface area contributed by atoms with Crippen LogP contribution < -0.4 is 11.5 Å². The first kappa shape index (κ1) is 25.6. The molecule has 4 aromatic heterocycles. The highest BCUT2D eigenvalue weighted by Crippen LogP contribution is 2.20. The molecule has 1 aliphatic heterocycles. The highest BCUT2D eigenvalue weighted by Gasteiger charge is 2.25. The minimum atomic E-state index is -0.228. The number of hydrogen-bond acceptors (Lipinski definition) is 12. The van der Waals surface area contributed by atoms with Gasteiger partial charge in [0.15, 0.2) is 17.6 Å². The number of hydrogen-bond donors (Lipinski definition) is 4. The van der Waals surface area contributed by atoms with Crippen LogP contribution in [0.3, 0.4) is 0 Å². The Hall–Kier alpha value is -3.46. The predicted octanol–water partition coefficient (Wildman–Crippen LogP) is 0.0629. The lowest BCUT2D eigenvalue weighted by Gasteiger charge is -2.31. The van der Waals surface area contributed by atoms with Gasteiger partial charge in [0.25, 0.3) is 0 Å². The third-order valence-corrected chi connectivity index (χ3v) is 5.72. The number of anilines is 2. The fourth-order valence-corrected chi connectivity index (χ4v) is 3.78. The van der Waals surface area contributed by atoms with Crippen LogP contribution in [0.2, 0.25) is 0 Å². The SMILES string of the molecule is CC(C)C1OCC(Cn2cnc3cnc(N)nc32)CO1.Nc1ncc2ncn(CC(CO)CO)c2n1. The lowest BCUT2D eigenvalue weighted by atomic mass is 10.1. The summed E-state index contributed by atoms with van der Waals surface area (Å²) < 4.78 is 15.2. The molecule has 0 radical (unpaired) electrons. The Morgan fingerprint density at radius 1 is 0.889 bits per heavy atom. The maximum atomic E-state index is 9.00. The van der Waals surface area contributed by atoms with Gasteiger partial charge in [-0.25, -0.2) is 19.9 Å². The zero-order valence-electron chi connectivity index (χ0n) is 20.3. The summed E-state index contributed by atoms with van der Waals surface area (Å²) in [5, 5.41) is 18.0. The van der Waals surface area contributed by atoms with Gasteiger partial charge in [0.2, 0.25) is 11.9 Å². The lowest BCUT2D eigenvalue weighted by Crippen LogP contribution is -2.36. The normalized spacial score (nSPS) is 18.2. The largest absolute Gasteiger partial charge is 0.396 e. The van der Waals surface area contributed by atoms with E-state index in [1.54, 1.807) is 29.6 Å². The first-order valence-corrected chi connectivity index (χ1v) is 11.7. The Labute approximate surface area is 207 Å². The van der Waals surface area contributed by atoms with Crippen LogP contribution >= 0.6 is 0 Å². The molecule has 0 bridgehead atoms. The van der Waals surface area contributed by atoms with Crippen LogP contribution in [0.15, 0.2) is 25.0 Å². The Kier molecular flexibility index (Phi) is 8.20. The molecule has 1 fully saturated rings. The summed E-state index contributed by atoms with van der Waals surface area (Å²) in [4.78, 5) is 24.4. The second kappa shape index (κ2) is 11.5. The molecule has 6 N–H and O–H groups in total. The molecular weight excluding hydrogens is 468 g/mol. The fraction of sp³-hybridized carbons (Fsp3) is 0.545. The number of nitrogens with two attached hydrogens (primary N) is 2. The van der Waals surface area contributed by atoms with Crippen LogP contribution in [0.1, 0.15) is 13.8 Å². The zero-order chi connectivity index (χ0) is 25.7. The van der Waals surface area contributed by atoms with E-state index in [1.165, 1.54) is 0 Å². The number of aliphatic hydroxyl groups is 2. The summed E-state index contributed by atoms with van der Waals surface area (Å²) >= 11 is 0. The monoisotopic (exact) mass is 500 g/mol. The van der Waals surface area contributed by atoms with E-state index >= 15 is 0 Å². The molecule has 1 saturated heterocycles. The van der Waals surface area contributed by atoms with Gasteiger partial charge in [-0.05, 0) is 0 Å². The number of imidazole rings is 2. The molecule has 0 aromatic carbocycles. The Morgan fingerprint density at radius 2 is 1.42 bits per heavy atom. The molecule has 0 spiro atoms. The van der Waals surface area contributed by atoms with E-state index in [9.17, 15) is 0 Å². The van der Waals surface area contributed by atoms with Gasteiger partial charge in [-0.15, -0.1) is 0 Å². The Morgan fingerprint density at radius 3 is 1.94 bits per heavy atom. The first-order valence-electron chi connectivity index (χ1n) is 11.7. The average molecular weight is 501 g/mol. The van der Waals surface area contributed by atoms with Crippen molar-refractivity contribution in [3.05, 3.63) is 25.0 Å². The number of fused-ring (bicyclic) bond motifs is 2. The van der Waals surface area contributed by atoms with Gasteiger partial charge in [0.1, 0.15) is 11.0 Å². The van der Waals surface area contributed by atoms with E-state index in [0.717, 1.165) is 17.7 Å². The summed E-state index contributed by atoms with van der Waals surface area (Å²) in [5.41, 5.74) is 13.9. The molecule has 5 heterocycles. The molecule has 36 heavy (non-hydrogen) atoms. The molecule has 0 amide bonds. The maximum absolute atomic E-state index is 9.00. The van der Waals surface area contributed by atoms with Gasteiger partial charge < -0.3 is 40.3 Å². The van der Waals surface area contributed by atoms with Gasteiger partial charge >= 0.3 is 0 Å². The van der Waals surface area contributed by atoms with Crippen LogP contribution in [0.4, 0.5) is 11.9 Å². The molecule has 14 heteroatoms. The maximum Gasteiger partial charge on any atom is 0.222 e. The van der Waals surface area contributed by atoms with Crippen LogP contribution in [0.25, 0.3) is 22.3 Å². The van der Waals surface area contributed by atoms with Crippen LogP contribution in [0, 0.1) is 17.8 Å². The van der Waals surface area contributed by atoms with E-state index in [0.29, 0.717) is 42.8 Å². The van der Waals surface area contributed by atoms with E-state index in [-0.39, 0.29) is 37.3 Å². The zero-order valence-corrected chi connectivity index (χ0v) is 20.3. The second-order valence-corrected chi connectivity index (χ2v) is 9.04. The Bertz CT molecular complexity index is 1260. The third kappa shape index (κ3) is 6.02. The van der Waals surface area contributed by atoms with Gasteiger partial charge in [-0.3, -0.25) is 0 Å². The number of nitrogen functional groups attached to an aromatic ring is 2. The van der Waals surface area contributed by atoms with Crippen molar-refractivity contribution >= 4 is 34.2 Å². The van der Waals surface area contributed by atoms with E-state index in [1.807, 2.05) is 4.57 Å². The minimum absolute atomic E-state index is 0.0866. The number of aliphatic hydroxyl groups excluding tert-OH is 2. The molecule has 194 valence electrons. The molecule has 0 aliphatic carbocycles. The van der Waals surface area contributed by atoms with Crippen molar-refractivity contribution in [1.29, 1.82) is 0 Å². The molecule has 0 unspecified atom stereocenters. The van der Waals surface area contributed by atoms with Crippen molar-refractivity contribution < 1.29 is 19.7 Å². The van der Waals surface area contributed by atoms with Crippen molar-refractivity contribution in [2.24, 2.45) is 17.8 Å². The van der Waals surface area contributed by atoms with Crippen molar-refractivity contribution in [1.82, 2.24) is 39.0 Å². The smallest absolute Gasteiger partial charge is 0.222 e. The molecular formula is C22H32N10O4. The standard InChI is InChI=1S/C13H19N5O2.C9H13N5O2/c1-8(2)12-19-5-9(6-20-12)4-18-7-16-10-3-15-13(14)17-11(10)18;10-9-11-1-7-8(13-9)14(5-12-7)2-6(3-15)4-16/h3,7-9,12H,4-6H2,1-2H3,(H2,14,15,17);1,5-6,15-16H,2-4H2,(H2,10,11,13). The summed E-state index contributed by atoms with van der Waals surface area (Å²) in [6.07, 6.45) is 6.44. The summed E-state index contributed by atoms with van der Waals surface area (Å²) in [6.45, 7) is 6.57. The highest BCUT2D eigenvalue weighted by atomic mass is 16.7. The van der Waals surface area contributed by atoms with Crippen molar-refractivity contribution in [2.75, 3.05) is 37.9 Å². The average Bonchev–Trinajstić information content (AvgIpc) is 3.46. The second-order valence-electron chi connectivity index (χ2n) is 9.04. The van der Waals surface area contributed by atoms with Crippen LogP contribution in [-0.2, 0) is 22.6 Å². The number of ether oxygens (including phenoxy) is 2. The summed E-state index contributed by atoms with van der Waals surface area (Å²) in [6, 6.07) is 0. The molecule has 1 aliphatic rings. The fourth-order valence-electron chi connectivity index (χ4n) is 3.78. The van der Waals surface area contributed by atoms with Crippen molar-refractivity contribution in [3.63, 3.8) is 0 Å². The van der Waals surface area contributed by atoms with E-state index in [4.69, 9.17) is 31.2 Å². The number of nitrogens with zero attached hydrogens (tertiary/aromatic N) is 8. The van der Waals surface area contributed by atoms with Crippen LogP contribution in [0.5, 0.6) is 0 Å². The molecule has 0 atom stereocenters. The lowest BCUT2D eigenvalue weighted by molar-refractivity contribution is -0.220. The first-order chi connectivity index (χ1) is 17.4. The van der Waals surface area contributed by atoms with E-state index < -0.39 is 0 Å². The molecule has 0 saturated carbocycles. The molecule has 4 aromatic rings. The highest BCUT2D eigenvalue weighted by molar-refractivity contribution is 5.71. The van der Waals surface area contributed by atoms with Gasteiger partial charge in [-0.2, -0.15) is 9.97 Å². The van der Waals surface area contributed by atoms with Gasteiger partial charge in [0, 0.05) is 44.1 Å². The number of aromatic nitrogens is 8. The summed E-state index contributed by atoms with van der Waals surface area (Å²) in [5.74, 6) is 0.874. The van der Waals surface area contributed by atoms with Crippen molar-refractivity contribution in [3.8, 4) is 0 Å². The van der Waals surface area contributed by atoms with Crippen LogP contribution in [-0.4, -0.2) is 82.0 Å². The van der Waals surface area contributed by atoms with Crippen molar-refractivity contribution in [2.45, 2.75) is 33.2 Å².